The maximum atomic E-state index is 10.1. The van der Waals surface area contributed by atoms with Crippen molar-refractivity contribution in [2.75, 3.05) is 6.54 Å². The molecular weight excluding hydrogens is 278 g/mol. The molecular formula is C6H11Br2NO2. The van der Waals surface area contributed by atoms with Gasteiger partial charge in [-0.25, -0.2) is 0 Å². The van der Waals surface area contributed by atoms with Crippen molar-refractivity contribution in [3.8, 4) is 0 Å². The number of nitrogens with zero attached hydrogens (tertiary/aromatic N) is 1. The van der Waals surface area contributed by atoms with Gasteiger partial charge in [0.25, 0.3) is 0 Å². The van der Waals surface area contributed by atoms with E-state index in [1.54, 1.807) is 0 Å². The summed E-state index contributed by atoms with van der Waals surface area (Å²) in [6, 6.07) is 0. The number of rotatable bonds is 5. The molecule has 0 N–H and O–H groups in total. The van der Waals surface area contributed by atoms with Crippen LogP contribution in [0.15, 0.2) is 0 Å². The molecule has 0 amide bonds. The molecule has 0 aromatic rings. The van der Waals surface area contributed by atoms with Gasteiger partial charge in [0.1, 0.15) is 3.23 Å². The molecule has 0 aromatic heterocycles. The molecule has 0 aliphatic carbocycles. The molecule has 11 heavy (non-hydrogen) atoms. The van der Waals surface area contributed by atoms with Crippen LogP contribution >= 0.6 is 31.9 Å². The second kappa shape index (κ2) is 5.09. The first-order chi connectivity index (χ1) is 4.98. The van der Waals surface area contributed by atoms with Gasteiger partial charge in [0.2, 0.25) is 6.54 Å². The third-order valence-corrected chi connectivity index (χ3v) is 2.55. The van der Waals surface area contributed by atoms with Crippen LogP contribution in [-0.2, 0) is 0 Å². The van der Waals surface area contributed by atoms with E-state index in [0.717, 1.165) is 19.3 Å². The zero-order valence-corrected chi connectivity index (χ0v) is 9.52. The standard InChI is InChI=1S/C6H11Br2NO2/c1-2-3-4-6(7,8)5-9(10)11/h2-5H2,1H3. The fourth-order valence-corrected chi connectivity index (χ4v) is 1.67. The van der Waals surface area contributed by atoms with E-state index < -0.39 is 3.23 Å². The Morgan fingerprint density at radius 1 is 1.55 bits per heavy atom. The second-order valence-corrected chi connectivity index (χ2v) is 6.55. The number of halogens is 2. The summed E-state index contributed by atoms with van der Waals surface area (Å²) in [4.78, 5) is 9.80. The molecule has 0 aliphatic rings. The first-order valence-electron chi connectivity index (χ1n) is 3.47. The fourth-order valence-electron chi connectivity index (χ4n) is 0.703. The molecule has 0 spiro atoms. The quantitative estimate of drug-likeness (QED) is 0.443. The zero-order valence-electron chi connectivity index (χ0n) is 6.35. The summed E-state index contributed by atoms with van der Waals surface area (Å²) in [5.74, 6) is 0. The van der Waals surface area contributed by atoms with Gasteiger partial charge in [-0.1, -0.05) is 51.6 Å². The second-order valence-electron chi connectivity index (χ2n) is 2.45. The summed E-state index contributed by atoms with van der Waals surface area (Å²) in [5.41, 5.74) is 0. The molecule has 0 radical (unpaired) electrons. The Kier molecular flexibility index (Phi) is 5.25. The van der Waals surface area contributed by atoms with Crippen LogP contribution in [0.4, 0.5) is 0 Å². The lowest BCUT2D eigenvalue weighted by molar-refractivity contribution is -0.480. The Hall–Kier alpha value is 0.360. The average Bonchev–Trinajstić information content (AvgIpc) is 1.81. The fraction of sp³-hybridized carbons (Fsp3) is 1.00. The van der Waals surface area contributed by atoms with Crippen LogP contribution in [0.5, 0.6) is 0 Å². The minimum Gasteiger partial charge on any atom is -0.264 e. The van der Waals surface area contributed by atoms with E-state index in [9.17, 15) is 10.1 Å². The van der Waals surface area contributed by atoms with Crippen LogP contribution in [-0.4, -0.2) is 14.7 Å². The van der Waals surface area contributed by atoms with Gasteiger partial charge < -0.3 is 0 Å². The van der Waals surface area contributed by atoms with Crippen molar-refractivity contribution in [3.05, 3.63) is 10.1 Å². The van der Waals surface area contributed by atoms with Crippen molar-refractivity contribution in [2.45, 2.75) is 29.4 Å². The van der Waals surface area contributed by atoms with Crippen LogP contribution in [0, 0.1) is 10.1 Å². The number of hydrogen-bond acceptors (Lipinski definition) is 2. The topological polar surface area (TPSA) is 43.1 Å². The molecule has 66 valence electrons. The predicted molar refractivity (Wildman–Crippen MR) is 52.0 cm³/mol. The number of alkyl halides is 2. The summed E-state index contributed by atoms with van der Waals surface area (Å²) in [6.45, 7) is 1.98. The molecule has 0 unspecified atom stereocenters. The monoisotopic (exact) mass is 287 g/mol. The van der Waals surface area contributed by atoms with Gasteiger partial charge in [-0.05, 0) is 6.42 Å². The SMILES string of the molecule is CCCCC(Br)(Br)C[N+](=O)[O-]. The van der Waals surface area contributed by atoms with Crippen molar-refractivity contribution in [1.29, 1.82) is 0 Å². The van der Waals surface area contributed by atoms with E-state index in [2.05, 4.69) is 38.8 Å². The normalized spacial score (nSPS) is 11.5. The first-order valence-corrected chi connectivity index (χ1v) is 5.06. The van der Waals surface area contributed by atoms with Crippen molar-refractivity contribution in [1.82, 2.24) is 0 Å². The lowest BCUT2D eigenvalue weighted by Gasteiger charge is -2.13. The third kappa shape index (κ3) is 6.75. The van der Waals surface area contributed by atoms with E-state index in [-0.39, 0.29) is 11.5 Å². The van der Waals surface area contributed by atoms with Crippen LogP contribution < -0.4 is 0 Å². The minimum absolute atomic E-state index is 0.0764. The first kappa shape index (κ1) is 11.4. The molecule has 0 atom stereocenters. The Balaban J connectivity index is 3.70. The van der Waals surface area contributed by atoms with Crippen molar-refractivity contribution in [3.63, 3.8) is 0 Å². The van der Waals surface area contributed by atoms with Gasteiger partial charge in [-0.2, -0.15) is 0 Å². The maximum Gasteiger partial charge on any atom is 0.228 e. The number of unbranched alkanes of at least 4 members (excludes halogenated alkanes) is 1. The van der Waals surface area contributed by atoms with Crippen molar-refractivity contribution >= 4 is 31.9 Å². The summed E-state index contributed by atoms with van der Waals surface area (Å²) in [5, 5.41) is 10.1. The molecule has 0 fully saturated rings. The molecule has 0 bridgehead atoms. The van der Waals surface area contributed by atoms with E-state index in [0.29, 0.717) is 0 Å². The summed E-state index contributed by atoms with van der Waals surface area (Å²) in [7, 11) is 0. The number of nitro groups is 1. The molecule has 0 heterocycles. The van der Waals surface area contributed by atoms with Crippen LogP contribution in [0.25, 0.3) is 0 Å². The van der Waals surface area contributed by atoms with Crippen molar-refractivity contribution < 1.29 is 4.92 Å². The molecule has 3 nitrogen and oxygen atoms in total. The third-order valence-electron chi connectivity index (χ3n) is 1.26. The Morgan fingerprint density at radius 2 is 2.09 bits per heavy atom. The van der Waals surface area contributed by atoms with Gasteiger partial charge in [0.15, 0.2) is 0 Å². The minimum atomic E-state index is -0.500. The Labute approximate surface area is 83.0 Å². The molecule has 0 rings (SSSR count). The predicted octanol–water partition coefficient (Wildman–Crippen LogP) is 2.94. The van der Waals surface area contributed by atoms with E-state index in [1.807, 2.05) is 0 Å². The summed E-state index contributed by atoms with van der Waals surface area (Å²) >= 11 is 6.52. The van der Waals surface area contributed by atoms with Gasteiger partial charge in [0, 0.05) is 4.92 Å². The van der Waals surface area contributed by atoms with Crippen LogP contribution in [0.2, 0.25) is 0 Å². The number of hydrogen-bond donors (Lipinski definition) is 0. The van der Waals surface area contributed by atoms with Gasteiger partial charge >= 0.3 is 0 Å². The smallest absolute Gasteiger partial charge is 0.228 e. The summed E-state index contributed by atoms with van der Waals surface area (Å²) < 4.78 is -0.500. The maximum absolute atomic E-state index is 10.1. The molecule has 0 aromatic carbocycles. The molecule has 0 saturated carbocycles. The van der Waals surface area contributed by atoms with Gasteiger partial charge in [-0.3, -0.25) is 10.1 Å². The van der Waals surface area contributed by atoms with Crippen molar-refractivity contribution in [2.24, 2.45) is 0 Å². The van der Waals surface area contributed by atoms with Crippen LogP contribution in [0.1, 0.15) is 26.2 Å². The Morgan fingerprint density at radius 3 is 2.45 bits per heavy atom. The lowest BCUT2D eigenvalue weighted by Crippen LogP contribution is -2.23. The summed E-state index contributed by atoms with van der Waals surface area (Å²) in [6.07, 6.45) is 2.82. The Bertz CT molecular complexity index is 139. The highest BCUT2D eigenvalue weighted by Gasteiger charge is 2.28. The highest BCUT2D eigenvalue weighted by molar-refractivity contribution is 9.25. The average molecular weight is 289 g/mol. The molecule has 0 aliphatic heterocycles. The lowest BCUT2D eigenvalue weighted by atomic mass is 10.2. The molecule has 0 saturated heterocycles. The zero-order chi connectivity index (χ0) is 8.91. The van der Waals surface area contributed by atoms with Gasteiger partial charge in [0.05, 0.1) is 0 Å². The van der Waals surface area contributed by atoms with E-state index in [4.69, 9.17) is 0 Å². The van der Waals surface area contributed by atoms with E-state index >= 15 is 0 Å². The van der Waals surface area contributed by atoms with Gasteiger partial charge in [-0.15, -0.1) is 0 Å². The molecule has 5 heteroatoms. The largest absolute Gasteiger partial charge is 0.264 e. The van der Waals surface area contributed by atoms with E-state index in [1.165, 1.54) is 0 Å². The van der Waals surface area contributed by atoms with Crippen LogP contribution in [0.3, 0.4) is 0 Å². The highest BCUT2D eigenvalue weighted by Crippen LogP contribution is 2.31. The highest BCUT2D eigenvalue weighted by atomic mass is 79.9.